The number of oxazole rings is 1. The van der Waals surface area contributed by atoms with Crippen molar-refractivity contribution in [1.82, 2.24) is 24.7 Å². The summed E-state index contributed by atoms with van der Waals surface area (Å²) in [6.07, 6.45) is -0.919. The molecule has 0 saturated heterocycles. The number of nitrogens with zero attached hydrogens (tertiary/aromatic N) is 4. The topological polar surface area (TPSA) is 85.3 Å². The Labute approximate surface area is 167 Å². The maximum atomic E-state index is 13.3. The molecule has 154 valence electrons. The number of benzene rings is 1. The number of imidazole rings is 1. The van der Waals surface area contributed by atoms with Gasteiger partial charge in [-0.3, -0.25) is 9.20 Å². The number of rotatable bonds is 4. The number of nitrogens with one attached hydrogen (secondary N) is 1. The van der Waals surface area contributed by atoms with E-state index in [2.05, 4.69) is 20.3 Å². The largest absolute Gasteiger partial charge is 0.443 e. The highest BCUT2D eigenvalue weighted by molar-refractivity contribution is 5.99. The van der Waals surface area contributed by atoms with Crippen LogP contribution in [0.1, 0.15) is 29.0 Å². The molecule has 0 aliphatic heterocycles. The summed E-state index contributed by atoms with van der Waals surface area (Å²) in [4.78, 5) is 25.5. The standard InChI is InChI=1S/C20H16F3N5O2/c1-10-7-13(12-3-2-4-14-15(12)25-9-30-14)26-18-16(24-8-28(10)18)19(29)27-17(11-5-6-11)20(21,22)23/h2-4,7-9,11,17H,5-6H2,1H3,(H,27,29). The van der Waals surface area contributed by atoms with E-state index in [0.717, 1.165) is 5.69 Å². The van der Waals surface area contributed by atoms with Gasteiger partial charge in [-0.25, -0.2) is 15.0 Å². The molecule has 1 amide bonds. The fourth-order valence-corrected chi connectivity index (χ4v) is 3.62. The first-order chi connectivity index (χ1) is 14.3. The van der Waals surface area contributed by atoms with Crippen molar-refractivity contribution >= 4 is 22.7 Å². The Morgan fingerprint density at radius 1 is 1.30 bits per heavy atom. The lowest BCUT2D eigenvalue weighted by Crippen LogP contribution is -2.47. The Balaban J connectivity index is 1.57. The third-order valence-corrected chi connectivity index (χ3v) is 5.28. The van der Waals surface area contributed by atoms with Gasteiger partial charge in [-0.15, -0.1) is 0 Å². The lowest BCUT2D eigenvalue weighted by Gasteiger charge is -2.20. The predicted octanol–water partition coefficient (Wildman–Crippen LogP) is 3.92. The zero-order valence-electron chi connectivity index (χ0n) is 15.8. The normalized spacial score (nSPS) is 15.6. The van der Waals surface area contributed by atoms with Crippen LogP contribution in [0.3, 0.4) is 0 Å². The molecule has 5 rings (SSSR count). The highest BCUT2D eigenvalue weighted by atomic mass is 19.4. The zero-order valence-corrected chi connectivity index (χ0v) is 15.8. The van der Waals surface area contributed by atoms with Crippen molar-refractivity contribution in [2.75, 3.05) is 0 Å². The molecular weight excluding hydrogens is 399 g/mol. The van der Waals surface area contributed by atoms with E-state index in [9.17, 15) is 18.0 Å². The predicted molar refractivity (Wildman–Crippen MR) is 101 cm³/mol. The minimum absolute atomic E-state index is 0.151. The maximum Gasteiger partial charge on any atom is 0.408 e. The zero-order chi connectivity index (χ0) is 21.0. The van der Waals surface area contributed by atoms with E-state index in [0.29, 0.717) is 35.2 Å². The molecule has 1 atom stereocenters. The second kappa shape index (κ2) is 6.54. The second-order valence-corrected chi connectivity index (χ2v) is 7.40. The van der Waals surface area contributed by atoms with E-state index in [4.69, 9.17) is 4.42 Å². The summed E-state index contributed by atoms with van der Waals surface area (Å²) in [6.45, 7) is 1.80. The fourth-order valence-electron chi connectivity index (χ4n) is 3.62. The van der Waals surface area contributed by atoms with Crippen molar-refractivity contribution in [1.29, 1.82) is 0 Å². The Kier molecular flexibility index (Phi) is 4.05. The number of hydrogen-bond donors (Lipinski definition) is 1. The van der Waals surface area contributed by atoms with Crippen LogP contribution in [-0.4, -0.2) is 37.5 Å². The average Bonchev–Trinajstić information content (AvgIpc) is 3.23. The van der Waals surface area contributed by atoms with E-state index in [1.54, 1.807) is 29.5 Å². The molecule has 1 fully saturated rings. The van der Waals surface area contributed by atoms with E-state index in [1.807, 2.05) is 6.07 Å². The molecule has 0 radical (unpaired) electrons. The number of alkyl halides is 3. The van der Waals surface area contributed by atoms with Crippen LogP contribution in [0.15, 0.2) is 41.4 Å². The van der Waals surface area contributed by atoms with Crippen LogP contribution in [-0.2, 0) is 0 Å². The van der Waals surface area contributed by atoms with Crippen molar-refractivity contribution in [3.05, 3.63) is 48.4 Å². The van der Waals surface area contributed by atoms with Crippen molar-refractivity contribution in [2.24, 2.45) is 5.92 Å². The summed E-state index contributed by atoms with van der Waals surface area (Å²) in [5.74, 6) is -1.48. The molecule has 1 aliphatic carbocycles. The summed E-state index contributed by atoms with van der Waals surface area (Å²) in [5, 5.41) is 2.11. The molecule has 10 heteroatoms. The molecule has 30 heavy (non-hydrogen) atoms. The number of amides is 1. The number of para-hydroxylation sites is 1. The number of aryl methyl sites for hydroxylation is 1. The highest BCUT2D eigenvalue weighted by Crippen LogP contribution is 2.40. The van der Waals surface area contributed by atoms with Gasteiger partial charge in [-0.2, -0.15) is 13.2 Å². The number of carbonyl (C=O) groups is 1. The molecule has 1 aromatic carbocycles. The van der Waals surface area contributed by atoms with Gasteiger partial charge in [0, 0.05) is 11.3 Å². The van der Waals surface area contributed by atoms with Gasteiger partial charge in [0.05, 0.1) is 5.69 Å². The van der Waals surface area contributed by atoms with Gasteiger partial charge in [0.2, 0.25) is 0 Å². The summed E-state index contributed by atoms with van der Waals surface area (Å²) >= 11 is 0. The first-order valence-corrected chi connectivity index (χ1v) is 9.38. The molecule has 1 aliphatic rings. The van der Waals surface area contributed by atoms with Gasteiger partial charge in [-0.05, 0) is 37.8 Å². The van der Waals surface area contributed by atoms with Crippen LogP contribution in [0.5, 0.6) is 0 Å². The first-order valence-electron chi connectivity index (χ1n) is 9.38. The first kappa shape index (κ1) is 18.6. The Bertz CT molecular complexity index is 1270. The fraction of sp³-hybridized carbons (Fsp3) is 0.300. The van der Waals surface area contributed by atoms with Gasteiger partial charge in [-0.1, -0.05) is 12.1 Å². The quantitative estimate of drug-likeness (QED) is 0.546. The van der Waals surface area contributed by atoms with Gasteiger partial charge < -0.3 is 9.73 Å². The molecule has 3 heterocycles. The van der Waals surface area contributed by atoms with Gasteiger partial charge in [0.1, 0.15) is 17.9 Å². The highest BCUT2D eigenvalue weighted by Gasteiger charge is 2.50. The molecule has 4 aromatic rings. The minimum atomic E-state index is -4.51. The number of fused-ring (bicyclic) bond motifs is 2. The van der Waals surface area contributed by atoms with Crippen molar-refractivity contribution in [3.63, 3.8) is 0 Å². The van der Waals surface area contributed by atoms with Crippen molar-refractivity contribution in [2.45, 2.75) is 32.0 Å². The number of hydrogen-bond acceptors (Lipinski definition) is 5. The molecule has 1 N–H and O–H groups in total. The summed E-state index contributed by atoms with van der Waals surface area (Å²) in [5.41, 5.74) is 3.13. The van der Waals surface area contributed by atoms with E-state index in [1.165, 1.54) is 12.7 Å². The molecular formula is C20H16F3N5O2. The number of halogens is 3. The number of carbonyl (C=O) groups excluding carboxylic acids is 1. The van der Waals surface area contributed by atoms with Gasteiger partial charge >= 0.3 is 6.18 Å². The van der Waals surface area contributed by atoms with Crippen LogP contribution < -0.4 is 5.32 Å². The molecule has 0 bridgehead atoms. The third-order valence-electron chi connectivity index (χ3n) is 5.28. The number of aromatic nitrogens is 4. The molecule has 1 saturated carbocycles. The van der Waals surface area contributed by atoms with Crippen LogP contribution >= 0.6 is 0 Å². The van der Waals surface area contributed by atoms with E-state index >= 15 is 0 Å². The molecule has 1 unspecified atom stereocenters. The summed E-state index contributed by atoms with van der Waals surface area (Å²) in [7, 11) is 0. The van der Waals surface area contributed by atoms with Crippen LogP contribution in [0.25, 0.3) is 28.0 Å². The summed E-state index contributed by atoms with van der Waals surface area (Å²) < 4.78 is 46.9. The maximum absolute atomic E-state index is 13.3. The van der Waals surface area contributed by atoms with Gasteiger partial charge in [0.15, 0.2) is 23.3 Å². The smallest absolute Gasteiger partial charge is 0.408 e. The van der Waals surface area contributed by atoms with Gasteiger partial charge in [0.25, 0.3) is 5.91 Å². The second-order valence-electron chi connectivity index (χ2n) is 7.40. The van der Waals surface area contributed by atoms with Crippen molar-refractivity contribution < 1.29 is 22.4 Å². The SMILES string of the molecule is Cc1cc(-c2cccc3ocnc23)nc2c(C(=O)NC(C3CC3)C(F)(F)F)ncn12. The molecule has 7 nitrogen and oxygen atoms in total. The van der Waals surface area contributed by atoms with Crippen molar-refractivity contribution in [3.8, 4) is 11.3 Å². The molecule has 0 spiro atoms. The Hall–Kier alpha value is -3.43. The average molecular weight is 415 g/mol. The Morgan fingerprint density at radius 2 is 2.10 bits per heavy atom. The van der Waals surface area contributed by atoms with Crippen LogP contribution in [0.2, 0.25) is 0 Å². The van der Waals surface area contributed by atoms with E-state index in [-0.39, 0.29) is 11.3 Å². The monoisotopic (exact) mass is 415 g/mol. The minimum Gasteiger partial charge on any atom is -0.443 e. The third kappa shape index (κ3) is 3.08. The lowest BCUT2D eigenvalue weighted by atomic mass is 10.1. The Morgan fingerprint density at radius 3 is 2.83 bits per heavy atom. The van der Waals surface area contributed by atoms with Crippen LogP contribution in [0.4, 0.5) is 13.2 Å². The van der Waals surface area contributed by atoms with E-state index < -0.39 is 24.0 Å². The summed E-state index contributed by atoms with van der Waals surface area (Å²) in [6, 6.07) is 5.28. The molecule has 3 aromatic heterocycles. The lowest BCUT2D eigenvalue weighted by molar-refractivity contribution is -0.158. The van der Waals surface area contributed by atoms with Crippen LogP contribution in [0, 0.1) is 12.8 Å².